The first kappa shape index (κ1) is 19.4. The van der Waals surface area contributed by atoms with Gasteiger partial charge in [-0.15, -0.1) is 0 Å². The van der Waals surface area contributed by atoms with E-state index in [0.29, 0.717) is 24.7 Å². The highest BCUT2D eigenvalue weighted by Gasteiger charge is 2.09. The Morgan fingerprint density at radius 2 is 1.96 bits per heavy atom. The zero-order chi connectivity index (χ0) is 18.2. The van der Waals surface area contributed by atoms with Gasteiger partial charge in [-0.2, -0.15) is 8.42 Å². The molecule has 24 heavy (non-hydrogen) atoms. The summed E-state index contributed by atoms with van der Waals surface area (Å²) in [6.07, 6.45) is 5.24. The molecule has 1 aromatic carbocycles. The Hall–Kier alpha value is -2.63. The number of hydrogen-bond donors (Lipinski definition) is 3. The Balaban J connectivity index is 0.000000505. The maximum atomic E-state index is 10.8. The minimum atomic E-state index is -4.67. The van der Waals surface area contributed by atoms with Gasteiger partial charge in [-0.1, -0.05) is 0 Å². The highest BCUT2D eigenvalue weighted by Crippen LogP contribution is 2.28. The molecule has 0 spiro atoms. The van der Waals surface area contributed by atoms with Crippen LogP contribution in [0.2, 0.25) is 0 Å². The maximum absolute atomic E-state index is 10.8. The van der Waals surface area contributed by atoms with Crippen LogP contribution in [-0.2, 0) is 16.9 Å². The van der Waals surface area contributed by atoms with E-state index >= 15 is 0 Å². The molecule has 2 rings (SSSR count). The van der Waals surface area contributed by atoms with Crippen molar-refractivity contribution in [3.63, 3.8) is 0 Å². The number of aromatic carboxylic acids is 1. The summed E-state index contributed by atoms with van der Waals surface area (Å²) in [5.74, 6) is -0.0681. The van der Waals surface area contributed by atoms with Gasteiger partial charge in [-0.25, -0.2) is 9.78 Å². The smallest absolute Gasteiger partial charge is 0.394 e. The van der Waals surface area contributed by atoms with Crippen molar-refractivity contribution < 1.29 is 36.9 Å². The molecule has 0 aliphatic carbocycles. The quantitative estimate of drug-likeness (QED) is 0.642. The summed E-state index contributed by atoms with van der Waals surface area (Å²) in [5.41, 5.74) is 0.166. The van der Waals surface area contributed by atoms with Crippen molar-refractivity contribution in [2.45, 2.75) is 6.54 Å². The van der Waals surface area contributed by atoms with Crippen molar-refractivity contribution in [1.29, 1.82) is 0 Å². The number of benzene rings is 1. The highest BCUT2D eigenvalue weighted by molar-refractivity contribution is 7.79. The molecule has 11 heteroatoms. The standard InChI is InChI=1S/C13H14N2O4.H2O4S/c1-18-12-8-10(13(16)17)2-3-11(12)19-7-6-15-5-4-14-9-15;1-5(2,3)4/h2-5,8-9H,6-7H2,1H3,(H,16,17);(H2,1,2,3,4). The minimum absolute atomic E-state index is 0.166. The van der Waals surface area contributed by atoms with E-state index in [0.717, 1.165) is 0 Å². The topological polar surface area (TPSA) is 148 Å². The van der Waals surface area contributed by atoms with Crippen molar-refractivity contribution in [2.75, 3.05) is 13.7 Å². The second kappa shape index (κ2) is 8.86. The average Bonchev–Trinajstić information content (AvgIpc) is 2.99. The van der Waals surface area contributed by atoms with E-state index in [1.165, 1.54) is 19.2 Å². The van der Waals surface area contributed by atoms with Crippen LogP contribution in [0, 0.1) is 0 Å². The molecule has 0 amide bonds. The molecule has 1 aromatic heterocycles. The highest BCUT2D eigenvalue weighted by atomic mass is 32.3. The van der Waals surface area contributed by atoms with Gasteiger partial charge < -0.3 is 19.1 Å². The van der Waals surface area contributed by atoms with Crippen LogP contribution >= 0.6 is 0 Å². The number of carbonyl (C=O) groups is 1. The Morgan fingerprint density at radius 1 is 1.29 bits per heavy atom. The number of nitrogens with zero attached hydrogens (tertiary/aromatic N) is 2. The summed E-state index contributed by atoms with van der Waals surface area (Å²) < 4.78 is 44.2. The van der Waals surface area contributed by atoms with Gasteiger partial charge >= 0.3 is 16.4 Å². The van der Waals surface area contributed by atoms with Gasteiger partial charge in [0.1, 0.15) is 6.61 Å². The minimum Gasteiger partial charge on any atom is -0.493 e. The van der Waals surface area contributed by atoms with Crippen molar-refractivity contribution in [3.05, 3.63) is 42.5 Å². The van der Waals surface area contributed by atoms with Crippen LogP contribution in [-0.4, -0.2) is 51.9 Å². The summed E-state index contributed by atoms with van der Waals surface area (Å²) >= 11 is 0. The third-order valence-corrected chi connectivity index (χ3v) is 2.58. The molecule has 0 saturated carbocycles. The molecule has 0 unspecified atom stereocenters. The largest absolute Gasteiger partial charge is 0.493 e. The SMILES string of the molecule is COc1cc(C(=O)O)ccc1OCCn1ccnc1.O=S(=O)(O)O. The predicted octanol–water partition coefficient (Wildman–Crippen LogP) is 1.02. The van der Waals surface area contributed by atoms with E-state index < -0.39 is 16.4 Å². The van der Waals surface area contributed by atoms with E-state index in [2.05, 4.69) is 4.98 Å². The molecule has 0 atom stereocenters. The lowest BCUT2D eigenvalue weighted by Crippen LogP contribution is -2.07. The van der Waals surface area contributed by atoms with Crippen molar-refractivity contribution >= 4 is 16.4 Å². The normalized spacial score (nSPS) is 10.5. The van der Waals surface area contributed by atoms with Gasteiger partial charge in [-0.3, -0.25) is 9.11 Å². The maximum Gasteiger partial charge on any atom is 0.394 e. The lowest BCUT2D eigenvalue weighted by molar-refractivity contribution is 0.0696. The zero-order valence-corrected chi connectivity index (χ0v) is 13.4. The fourth-order valence-corrected chi connectivity index (χ4v) is 1.60. The molecular formula is C13H16N2O8S. The second-order valence-corrected chi connectivity index (χ2v) is 5.16. The third-order valence-electron chi connectivity index (χ3n) is 2.58. The van der Waals surface area contributed by atoms with Gasteiger partial charge in [-0.05, 0) is 18.2 Å². The van der Waals surface area contributed by atoms with E-state index in [1.807, 2.05) is 10.8 Å². The Labute approximate surface area is 137 Å². The monoisotopic (exact) mass is 360 g/mol. The van der Waals surface area contributed by atoms with E-state index in [1.54, 1.807) is 18.6 Å². The summed E-state index contributed by atoms with van der Waals surface area (Å²) in [6, 6.07) is 4.52. The van der Waals surface area contributed by atoms with Crippen LogP contribution in [0.3, 0.4) is 0 Å². The fourth-order valence-electron chi connectivity index (χ4n) is 1.60. The third kappa shape index (κ3) is 7.58. The summed E-state index contributed by atoms with van der Waals surface area (Å²) in [7, 11) is -3.19. The fraction of sp³-hybridized carbons (Fsp3) is 0.231. The van der Waals surface area contributed by atoms with Crippen molar-refractivity contribution in [1.82, 2.24) is 9.55 Å². The summed E-state index contributed by atoms with van der Waals surface area (Å²) in [6.45, 7) is 1.10. The molecule has 0 aliphatic heterocycles. The number of ether oxygens (including phenoxy) is 2. The molecular weight excluding hydrogens is 344 g/mol. The van der Waals surface area contributed by atoms with Crippen LogP contribution in [0.1, 0.15) is 10.4 Å². The number of rotatable bonds is 6. The van der Waals surface area contributed by atoms with Crippen LogP contribution in [0.25, 0.3) is 0 Å². The molecule has 0 fully saturated rings. The summed E-state index contributed by atoms with van der Waals surface area (Å²) in [5, 5.41) is 8.89. The molecule has 3 N–H and O–H groups in total. The van der Waals surface area contributed by atoms with E-state index in [4.69, 9.17) is 32.1 Å². The lowest BCUT2D eigenvalue weighted by atomic mass is 10.2. The predicted molar refractivity (Wildman–Crippen MR) is 81.9 cm³/mol. The number of imidazole rings is 1. The van der Waals surface area contributed by atoms with Gasteiger partial charge in [0.15, 0.2) is 11.5 Å². The molecule has 1 heterocycles. The van der Waals surface area contributed by atoms with E-state index in [-0.39, 0.29) is 5.56 Å². The van der Waals surface area contributed by atoms with Crippen LogP contribution in [0.15, 0.2) is 36.9 Å². The molecule has 0 bridgehead atoms. The Morgan fingerprint density at radius 3 is 2.46 bits per heavy atom. The Bertz CT molecular complexity index is 750. The lowest BCUT2D eigenvalue weighted by Gasteiger charge is -2.11. The number of aromatic nitrogens is 2. The molecule has 132 valence electrons. The molecule has 0 radical (unpaired) electrons. The van der Waals surface area contributed by atoms with Gasteiger partial charge in [0.2, 0.25) is 0 Å². The van der Waals surface area contributed by atoms with Crippen LogP contribution in [0.4, 0.5) is 0 Å². The van der Waals surface area contributed by atoms with Crippen molar-refractivity contribution in [2.24, 2.45) is 0 Å². The Kier molecular flexibility index (Phi) is 7.17. The number of carboxylic acid groups (broad SMARTS) is 1. The number of hydrogen-bond acceptors (Lipinski definition) is 6. The van der Waals surface area contributed by atoms with Crippen LogP contribution < -0.4 is 9.47 Å². The molecule has 10 nitrogen and oxygen atoms in total. The first-order valence-corrected chi connectivity index (χ1v) is 7.80. The molecule has 0 saturated heterocycles. The molecule has 2 aromatic rings. The first-order valence-electron chi connectivity index (χ1n) is 6.40. The van der Waals surface area contributed by atoms with Crippen molar-refractivity contribution in [3.8, 4) is 11.5 Å². The van der Waals surface area contributed by atoms with Crippen LogP contribution in [0.5, 0.6) is 11.5 Å². The van der Waals surface area contributed by atoms with Gasteiger partial charge in [0.25, 0.3) is 0 Å². The first-order chi connectivity index (χ1) is 11.2. The molecule has 0 aliphatic rings. The zero-order valence-electron chi connectivity index (χ0n) is 12.6. The average molecular weight is 360 g/mol. The van der Waals surface area contributed by atoms with E-state index in [9.17, 15) is 4.79 Å². The number of methoxy groups -OCH3 is 1. The van der Waals surface area contributed by atoms with Gasteiger partial charge in [0, 0.05) is 12.4 Å². The number of carboxylic acids is 1. The second-order valence-electron chi connectivity index (χ2n) is 4.27. The van der Waals surface area contributed by atoms with Gasteiger partial charge in [0.05, 0.1) is 25.5 Å². The summed E-state index contributed by atoms with van der Waals surface area (Å²) in [4.78, 5) is 14.8.